The number of benzene rings is 19. The summed E-state index contributed by atoms with van der Waals surface area (Å²) in [5, 5.41) is 17.0. The third-order valence-corrected chi connectivity index (χ3v) is 23.7. The van der Waals surface area contributed by atoms with Gasteiger partial charge >= 0.3 is 0 Å². The number of rotatable bonds is 13. The molecule has 0 aliphatic carbocycles. The molecular formula is C116H74N6. The molecule has 0 saturated carbocycles. The highest BCUT2D eigenvalue weighted by Gasteiger charge is 2.23. The van der Waals surface area contributed by atoms with Gasteiger partial charge in [0.2, 0.25) is 0 Å². The second kappa shape index (κ2) is 31.3. The van der Waals surface area contributed by atoms with Gasteiger partial charge in [0.15, 0.2) is 11.6 Å². The lowest BCUT2D eigenvalue weighted by molar-refractivity contribution is 1.18. The van der Waals surface area contributed by atoms with E-state index in [0.29, 0.717) is 11.6 Å². The normalized spacial score (nSPS) is 11.4. The summed E-state index contributed by atoms with van der Waals surface area (Å²) in [7, 11) is 0. The third-order valence-electron chi connectivity index (χ3n) is 23.7. The Bertz CT molecular complexity index is 7850. The number of aromatic nitrogens is 6. The monoisotopic (exact) mass is 1550 g/mol. The molecule has 0 aliphatic heterocycles. The van der Waals surface area contributed by atoms with Gasteiger partial charge in [-0.3, -0.25) is 0 Å². The molecule has 0 radical (unpaired) electrons. The van der Waals surface area contributed by atoms with E-state index in [1.54, 1.807) is 0 Å². The van der Waals surface area contributed by atoms with Crippen LogP contribution in [0.5, 0.6) is 0 Å². The number of para-hydroxylation sites is 2. The average Bonchev–Trinajstić information content (AvgIpc) is 0.720. The molecule has 0 bridgehead atoms. The first kappa shape index (κ1) is 72.2. The van der Waals surface area contributed by atoms with Gasteiger partial charge in [-0.2, -0.15) is 0 Å². The molecule has 568 valence electrons. The number of fused-ring (bicyclic) bond motifs is 16. The Kier molecular flexibility index (Phi) is 18.5. The summed E-state index contributed by atoms with van der Waals surface area (Å²) >= 11 is 0. The molecule has 0 unspecified atom stereocenters. The highest BCUT2D eigenvalue weighted by molar-refractivity contribution is 6.35. The van der Waals surface area contributed by atoms with Crippen LogP contribution in [0.15, 0.2) is 449 Å². The summed E-state index contributed by atoms with van der Waals surface area (Å²) in [6.45, 7) is 0. The lowest BCUT2D eigenvalue weighted by Crippen LogP contribution is -1.96. The van der Waals surface area contributed by atoms with Crippen LogP contribution in [0.1, 0.15) is 0 Å². The predicted octanol–water partition coefficient (Wildman–Crippen LogP) is 30.6. The molecule has 4 heterocycles. The first-order valence-corrected chi connectivity index (χ1v) is 41.4. The van der Waals surface area contributed by atoms with Crippen LogP contribution in [0.2, 0.25) is 0 Å². The van der Waals surface area contributed by atoms with Gasteiger partial charge in [0.1, 0.15) is 0 Å². The number of hydrogen-bond donors (Lipinski definition) is 0. The van der Waals surface area contributed by atoms with Crippen LogP contribution < -0.4 is 0 Å². The number of pyridine rings is 2. The molecule has 23 aromatic rings. The zero-order valence-electron chi connectivity index (χ0n) is 66.4. The van der Waals surface area contributed by atoms with Crippen molar-refractivity contribution in [2.45, 2.75) is 0 Å². The third kappa shape index (κ3) is 13.6. The number of nitrogens with zero attached hydrogens (tertiary/aromatic N) is 6. The van der Waals surface area contributed by atoms with Crippen LogP contribution in [0.3, 0.4) is 0 Å². The van der Waals surface area contributed by atoms with Crippen molar-refractivity contribution in [2.24, 2.45) is 0 Å². The molecule has 122 heavy (non-hydrogen) atoms. The fourth-order valence-electron chi connectivity index (χ4n) is 17.8. The maximum Gasteiger partial charge on any atom is 0.160 e. The van der Waals surface area contributed by atoms with Gasteiger partial charge in [-0.1, -0.05) is 400 Å². The van der Waals surface area contributed by atoms with Crippen molar-refractivity contribution in [3.05, 3.63) is 449 Å². The van der Waals surface area contributed by atoms with E-state index in [9.17, 15) is 0 Å². The summed E-state index contributed by atoms with van der Waals surface area (Å²) in [4.78, 5) is 31.6. The van der Waals surface area contributed by atoms with Crippen LogP contribution in [-0.2, 0) is 0 Å². The van der Waals surface area contributed by atoms with E-state index in [1.807, 2.05) is 24.3 Å². The predicted molar refractivity (Wildman–Crippen MR) is 510 cm³/mol. The Balaban J connectivity index is 0.000000146. The summed E-state index contributed by atoms with van der Waals surface area (Å²) in [6.07, 6.45) is 0. The minimum Gasteiger partial charge on any atom is -0.247 e. The Hall–Kier alpha value is -16.3. The quantitative estimate of drug-likeness (QED) is 0.107. The van der Waals surface area contributed by atoms with Gasteiger partial charge in [0, 0.05) is 76.8 Å². The average molecular weight is 1550 g/mol. The van der Waals surface area contributed by atoms with Crippen molar-refractivity contribution in [3.8, 4) is 146 Å². The minimum absolute atomic E-state index is 0.681. The summed E-state index contributed by atoms with van der Waals surface area (Å²) < 4.78 is 0. The van der Waals surface area contributed by atoms with Gasteiger partial charge < -0.3 is 0 Å². The fourth-order valence-corrected chi connectivity index (χ4v) is 17.8. The van der Waals surface area contributed by atoms with Crippen LogP contribution in [0.25, 0.3) is 232 Å². The lowest BCUT2D eigenvalue weighted by Gasteiger charge is -2.16. The minimum atomic E-state index is 0.681. The molecular weight excluding hydrogens is 1480 g/mol. The first-order chi connectivity index (χ1) is 60.5. The van der Waals surface area contributed by atoms with Crippen LogP contribution >= 0.6 is 0 Å². The standard InChI is InChI=1S/C61H39N3.C55H35N3/c1-3-15-40(16-4-1)42-29-33-44(34-30-42)56-39-57(64-61(63-56)45-35-31-43(32-36-45)41-17-5-2-6-18-41)48-21-13-19-46(37-48)47-20-14-22-49(38-47)60-59-53-26-10-8-24-51(53)50-23-7-9-25-52(50)58(59)54-27-11-12-28-55(54)62-60;1-3-15-36(16-4-1)37-29-31-39(32-30-37)55-57-50(38-17-5-2-6-18-38)35-51(58-55)42-21-13-19-40(33-42)41-20-14-22-43(34-41)54-53-47-26-10-8-24-45(47)44-23-7-9-25-46(44)52(53)48-27-11-12-28-49(48)56-54/h1-39H;1-35H. The Morgan fingerprint density at radius 3 is 0.664 bits per heavy atom. The second-order valence-electron chi connectivity index (χ2n) is 31.1. The van der Waals surface area contributed by atoms with Gasteiger partial charge in [-0.05, 0) is 147 Å². The smallest absolute Gasteiger partial charge is 0.160 e. The van der Waals surface area contributed by atoms with E-state index < -0.39 is 0 Å². The number of hydrogen-bond acceptors (Lipinski definition) is 6. The van der Waals surface area contributed by atoms with Crippen LogP contribution in [-0.4, -0.2) is 29.9 Å². The maximum atomic E-state index is 5.44. The zero-order chi connectivity index (χ0) is 80.8. The maximum absolute atomic E-state index is 5.44. The molecule has 6 heteroatoms. The molecule has 0 spiro atoms. The fraction of sp³-hybridized carbons (Fsp3) is 0. The Morgan fingerprint density at radius 2 is 0.328 bits per heavy atom. The van der Waals surface area contributed by atoms with Crippen molar-refractivity contribution in [2.75, 3.05) is 0 Å². The van der Waals surface area contributed by atoms with Crippen molar-refractivity contribution >= 4 is 86.4 Å². The molecule has 0 atom stereocenters. The largest absolute Gasteiger partial charge is 0.247 e. The molecule has 4 aromatic heterocycles. The van der Waals surface area contributed by atoms with E-state index in [1.165, 1.54) is 92.3 Å². The van der Waals surface area contributed by atoms with Crippen molar-refractivity contribution in [1.29, 1.82) is 0 Å². The summed E-state index contributed by atoms with van der Waals surface area (Å²) in [5.41, 5.74) is 27.1. The van der Waals surface area contributed by atoms with Gasteiger partial charge in [-0.15, -0.1) is 0 Å². The summed E-state index contributed by atoms with van der Waals surface area (Å²) in [6, 6.07) is 159. The van der Waals surface area contributed by atoms with Crippen LogP contribution in [0, 0.1) is 0 Å². The second-order valence-corrected chi connectivity index (χ2v) is 31.1. The van der Waals surface area contributed by atoms with E-state index in [2.05, 4.69) is 425 Å². The van der Waals surface area contributed by atoms with Gasteiger partial charge in [0.25, 0.3) is 0 Å². The molecule has 0 N–H and O–H groups in total. The van der Waals surface area contributed by atoms with Crippen molar-refractivity contribution in [1.82, 2.24) is 29.9 Å². The first-order valence-electron chi connectivity index (χ1n) is 41.4. The summed E-state index contributed by atoms with van der Waals surface area (Å²) in [5.74, 6) is 1.37. The lowest BCUT2D eigenvalue weighted by atomic mass is 9.89. The molecule has 23 rings (SSSR count). The topological polar surface area (TPSA) is 77.3 Å². The Morgan fingerprint density at radius 1 is 0.115 bits per heavy atom. The zero-order valence-corrected chi connectivity index (χ0v) is 66.4. The molecule has 0 amide bonds. The highest BCUT2D eigenvalue weighted by atomic mass is 14.9. The van der Waals surface area contributed by atoms with E-state index >= 15 is 0 Å². The van der Waals surface area contributed by atoms with Crippen molar-refractivity contribution in [3.63, 3.8) is 0 Å². The highest BCUT2D eigenvalue weighted by Crippen LogP contribution is 2.47. The van der Waals surface area contributed by atoms with Gasteiger partial charge in [-0.25, -0.2) is 29.9 Å². The van der Waals surface area contributed by atoms with E-state index in [0.717, 1.165) is 128 Å². The molecule has 0 fully saturated rings. The molecule has 0 saturated heterocycles. The van der Waals surface area contributed by atoms with Crippen LogP contribution in [0.4, 0.5) is 0 Å². The van der Waals surface area contributed by atoms with E-state index in [-0.39, 0.29) is 0 Å². The van der Waals surface area contributed by atoms with Crippen molar-refractivity contribution < 1.29 is 0 Å². The molecule has 0 aliphatic rings. The van der Waals surface area contributed by atoms with E-state index in [4.69, 9.17) is 29.9 Å². The Labute approximate surface area is 706 Å². The van der Waals surface area contributed by atoms with Gasteiger partial charge in [0.05, 0.1) is 45.2 Å². The SMILES string of the molecule is c1ccc(-c2ccc(-c3cc(-c4cccc(-c5cccc(-c6nc7ccccc7c7c8ccccc8c8ccccc8c67)c5)c4)nc(-c4ccc(-c5ccccc5)cc4)n3)cc2)cc1.c1ccc(-c2ccc(-c3nc(-c4ccccc4)cc(-c4cccc(-c5cccc(-c6nc7ccccc7c7c8ccccc8c8ccccc8c67)c5)c4)n3)cc2)cc1. The molecule has 19 aromatic carbocycles. The molecule has 6 nitrogen and oxygen atoms in total.